The van der Waals surface area contributed by atoms with Crippen molar-refractivity contribution in [1.29, 1.82) is 0 Å². The summed E-state index contributed by atoms with van der Waals surface area (Å²) in [5.41, 5.74) is 6.86. The van der Waals surface area contributed by atoms with E-state index in [4.69, 9.17) is 5.73 Å². The van der Waals surface area contributed by atoms with E-state index in [-0.39, 0.29) is 12.1 Å². The number of hydrogen-bond acceptors (Lipinski definition) is 12. The Morgan fingerprint density at radius 2 is 1.85 bits per heavy atom. The van der Waals surface area contributed by atoms with Crippen molar-refractivity contribution < 1.29 is 14.6 Å². The Balaban J connectivity index is 1.14. The van der Waals surface area contributed by atoms with Crippen molar-refractivity contribution in [2.24, 2.45) is 0 Å². The number of nitrogen functional groups attached to an aromatic ring is 1. The molecule has 4 rings (SSSR count). The van der Waals surface area contributed by atoms with E-state index in [1.54, 1.807) is 11.0 Å². The summed E-state index contributed by atoms with van der Waals surface area (Å²) in [6, 6.07) is 2.45. The summed E-state index contributed by atoms with van der Waals surface area (Å²) < 4.78 is 1.86. The summed E-state index contributed by atoms with van der Waals surface area (Å²) in [4.78, 5) is 43.3. The summed E-state index contributed by atoms with van der Waals surface area (Å²) >= 11 is 0. The van der Waals surface area contributed by atoms with Crippen molar-refractivity contribution >= 4 is 31.9 Å². The van der Waals surface area contributed by atoms with E-state index < -0.39 is 8.38 Å². The highest BCUT2D eigenvalue weighted by atomic mass is 31.2. The van der Waals surface area contributed by atoms with E-state index in [2.05, 4.69) is 41.1 Å². The maximum Gasteiger partial charge on any atom is 0.231 e. The van der Waals surface area contributed by atoms with Gasteiger partial charge in [0.25, 0.3) is 0 Å². The molecule has 2 aliphatic rings. The number of anilines is 3. The van der Waals surface area contributed by atoms with Gasteiger partial charge in [0.05, 0.1) is 18.9 Å². The van der Waals surface area contributed by atoms with E-state index >= 15 is 0 Å². The van der Waals surface area contributed by atoms with Crippen molar-refractivity contribution in [2.45, 2.75) is 70.5 Å². The molecule has 228 valence electrons. The molecule has 1 aliphatic carbocycles. The second-order valence-corrected chi connectivity index (χ2v) is 11.9. The van der Waals surface area contributed by atoms with Gasteiger partial charge >= 0.3 is 0 Å². The molecule has 2 aromatic heterocycles. The van der Waals surface area contributed by atoms with Crippen molar-refractivity contribution in [3.63, 3.8) is 0 Å². The van der Waals surface area contributed by atoms with Gasteiger partial charge in [-0.25, -0.2) is 0 Å². The Labute approximate surface area is 243 Å². The van der Waals surface area contributed by atoms with Crippen LogP contribution < -0.4 is 26.6 Å². The van der Waals surface area contributed by atoms with E-state index in [1.807, 2.05) is 10.9 Å². The molecule has 2 aromatic rings. The fourth-order valence-electron chi connectivity index (χ4n) is 5.33. The first kappa shape index (κ1) is 31.3. The van der Waals surface area contributed by atoms with E-state index in [0.29, 0.717) is 50.3 Å². The fraction of sp³-hybridized carbons (Fsp3) is 0.731. The second-order valence-electron chi connectivity index (χ2n) is 10.8. The standard InChI is InChI=1S/C26H46N11O3P/c27-23-17-24(35-12-6-13-36(16-15-35)25(38)20-41(39)40)32-26(31-23)30-18-22-19-37(34-33-22)14-5-10-28-9-4-11-29-21-7-2-1-3-8-21/h17,19,21,28-29,39-40H,1-16,18,20H2,(H3,27,30,31,32). The van der Waals surface area contributed by atoms with Gasteiger partial charge in [-0.3, -0.25) is 9.48 Å². The first-order chi connectivity index (χ1) is 20.0. The number of rotatable bonds is 15. The molecule has 41 heavy (non-hydrogen) atoms. The molecular formula is C26H46N11O3P. The van der Waals surface area contributed by atoms with Gasteiger partial charge in [-0.2, -0.15) is 9.97 Å². The Morgan fingerprint density at radius 1 is 1.02 bits per heavy atom. The first-order valence-corrected chi connectivity index (χ1v) is 16.3. The van der Waals surface area contributed by atoms with Crippen molar-refractivity contribution in [3.05, 3.63) is 18.0 Å². The van der Waals surface area contributed by atoms with Gasteiger partial charge in [-0.15, -0.1) is 5.10 Å². The lowest BCUT2D eigenvalue weighted by atomic mass is 9.95. The molecule has 1 saturated carbocycles. The third-order valence-electron chi connectivity index (χ3n) is 7.50. The van der Waals surface area contributed by atoms with Gasteiger partial charge in [-0.05, 0) is 51.7 Å². The van der Waals surface area contributed by atoms with Gasteiger partial charge in [0.15, 0.2) is 8.38 Å². The molecule has 1 amide bonds. The number of nitrogens with zero attached hydrogens (tertiary/aromatic N) is 7. The predicted molar refractivity (Wildman–Crippen MR) is 160 cm³/mol. The summed E-state index contributed by atoms with van der Waals surface area (Å²) in [6.45, 7) is 6.59. The molecule has 3 heterocycles. The van der Waals surface area contributed by atoms with Crippen molar-refractivity contribution in [2.75, 3.05) is 67.9 Å². The third-order valence-corrected chi connectivity index (χ3v) is 8.06. The summed E-state index contributed by atoms with van der Waals surface area (Å²) in [5.74, 6) is 1.19. The zero-order valence-electron chi connectivity index (χ0n) is 23.9. The minimum absolute atomic E-state index is 0.233. The first-order valence-electron chi connectivity index (χ1n) is 14.9. The highest BCUT2D eigenvalue weighted by Gasteiger charge is 2.22. The van der Waals surface area contributed by atoms with Crippen LogP contribution in [0.2, 0.25) is 0 Å². The highest BCUT2D eigenvalue weighted by Crippen LogP contribution is 2.24. The van der Waals surface area contributed by atoms with E-state index in [9.17, 15) is 14.6 Å². The van der Waals surface area contributed by atoms with E-state index in [1.165, 1.54) is 32.1 Å². The molecular weight excluding hydrogens is 545 g/mol. The number of carbonyl (C=O) groups excluding carboxylic acids is 1. The molecule has 1 saturated heterocycles. The molecule has 15 heteroatoms. The molecule has 0 radical (unpaired) electrons. The van der Waals surface area contributed by atoms with Gasteiger partial charge in [-0.1, -0.05) is 24.5 Å². The van der Waals surface area contributed by atoms with Crippen LogP contribution in [0.5, 0.6) is 0 Å². The lowest BCUT2D eigenvalue weighted by molar-refractivity contribution is -0.128. The maximum absolute atomic E-state index is 12.2. The monoisotopic (exact) mass is 591 g/mol. The van der Waals surface area contributed by atoms with Crippen LogP contribution in [0.4, 0.5) is 17.6 Å². The number of aromatic nitrogens is 5. The molecule has 0 unspecified atom stereocenters. The van der Waals surface area contributed by atoms with E-state index in [0.717, 1.165) is 57.2 Å². The molecule has 0 bridgehead atoms. The number of amides is 1. The minimum atomic E-state index is -2.23. The summed E-state index contributed by atoms with van der Waals surface area (Å²) in [7, 11) is -2.23. The van der Waals surface area contributed by atoms with Gasteiger partial charge < -0.3 is 41.3 Å². The Bertz CT molecular complexity index is 1070. The van der Waals surface area contributed by atoms with Crippen LogP contribution >= 0.6 is 8.38 Å². The number of nitrogens with one attached hydrogen (secondary N) is 3. The average molecular weight is 592 g/mol. The molecule has 0 aromatic carbocycles. The second kappa shape index (κ2) is 16.7. The topological polar surface area (TPSA) is 183 Å². The fourth-order valence-corrected chi connectivity index (χ4v) is 5.77. The highest BCUT2D eigenvalue weighted by molar-refractivity contribution is 7.46. The Hall–Kier alpha value is -2.64. The van der Waals surface area contributed by atoms with Crippen LogP contribution in [-0.4, -0.2) is 104 Å². The Kier molecular flexibility index (Phi) is 12.8. The third kappa shape index (κ3) is 10.9. The normalized spacial score (nSPS) is 16.8. The maximum atomic E-state index is 12.2. The molecule has 2 fully saturated rings. The average Bonchev–Trinajstić information content (AvgIpc) is 3.26. The van der Waals surface area contributed by atoms with Crippen LogP contribution in [-0.2, 0) is 17.9 Å². The molecule has 1 aliphatic heterocycles. The molecule has 7 N–H and O–H groups in total. The summed E-state index contributed by atoms with van der Waals surface area (Å²) in [6.07, 6.45) is 11.4. The molecule has 14 nitrogen and oxygen atoms in total. The summed E-state index contributed by atoms with van der Waals surface area (Å²) in [5, 5.41) is 18.9. The SMILES string of the molecule is Nc1cc(N2CCCN(C(=O)CP(O)O)CC2)nc(NCc2cn(CCCNCCCNC3CCCCC3)nn2)n1. The van der Waals surface area contributed by atoms with Crippen LogP contribution in [0.15, 0.2) is 12.3 Å². The zero-order chi connectivity index (χ0) is 28.9. The number of nitrogens with two attached hydrogens (primary N) is 1. The van der Waals surface area contributed by atoms with Gasteiger partial charge in [0, 0.05) is 44.8 Å². The Morgan fingerprint density at radius 3 is 2.68 bits per heavy atom. The molecule has 0 atom stereocenters. The van der Waals surface area contributed by atoms with Crippen LogP contribution in [0, 0.1) is 0 Å². The predicted octanol–water partition coefficient (Wildman–Crippen LogP) is 0.890. The number of carbonyl (C=O) groups is 1. The van der Waals surface area contributed by atoms with Crippen molar-refractivity contribution in [1.82, 2.24) is 40.5 Å². The quantitative estimate of drug-likeness (QED) is 0.127. The van der Waals surface area contributed by atoms with Gasteiger partial charge in [0.1, 0.15) is 17.3 Å². The zero-order valence-corrected chi connectivity index (χ0v) is 24.8. The van der Waals surface area contributed by atoms with Crippen LogP contribution in [0.3, 0.4) is 0 Å². The largest absolute Gasteiger partial charge is 0.383 e. The number of aryl methyl sites for hydroxylation is 1. The minimum Gasteiger partial charge on any atom is -0.383 e. The van der Waals surface area contributed by atoms with Crippen LogP contribution in [0.1, 0.15) is 57.1 Å². The number of hydrogen-bond donors (Lipinski definition) is 6. The van der Waals surface area contributed by atoms with Gasteiger partial charge in [0.2, 0.25) is 11.9 Å². The lowest BCUT2D eigenvalue weighted by Gasteiger charge is -2.23. The smallest absolute Gasteiger partial charge is 0.231 e. The van der Waals surface area contributed by atoms with Crippen LogP contribution in [0.25, 0.3) is 0 Å². The molecule has 0 spiro atoms. The lowest BCUT2D eigenvalue weighted by Crippen LogP contribution is -2.36. The van der Waals surface area contributed by atoms with Crippen molar-refractivity contribution in [3.8, 4) is 0 Å².